The molecule has 1 aliphatic carbocycles. The van der Waals surface area contributed by atoms with Crippen LogP contribution in [-0.2, 0) is 0 Å². The average Bonchev–Trinajstić information content (AvgIpc) is 3.35. The van der Waals surface area contributed by atoms with Gasteiger partial charge < -0.3 is 10.6 Å². The van der Waals surface area contributed by atoms with Crippen LogP contribution < -0.4 is 10.6 Å². The van der Waals surface area contributed by atoms with Crippen molar-refractivity contribution in [1.29, 1.82) is 0 Å². The Morgan fingerprint density at radius 3 is 2.48 bits per heavy atom. The first kappa shape index (κ1) is 17.3. The van der Waals surface area contributed by atoms with E-state index in [-0.39, 0.29) is 17.5 Å². The molecule has 1 heterocycles. The lowest BCUT2D eigenvalue weighted by Crippen LogP contribution is -2.27. The van der Waals surface area contributed by atoms with Gasteiger partial charge in [-0.1, -0.05) is 13.8 Å². The van der Waals surface area contributed by atoms with Gasteiger partial charge in [0.1, 0.15) is 17.5 Å². The summed E-state index contributed by atoms with van der Waals surface area (Å²) in [5, 5.41) is 5.83. The van der Waals surface area contributed by atoms with E-state index in [1.54, 1.807) is 6.07 Å². The number of aromatic nitrogens is 1. The van der Waals surface area contributed by atoms with Crippen molar-refractivity contribution in [3.05, 3.63) is 53.2 Å². The maximum Gasteiger partial charge on any atom is 0.253 e. The smallest absolute Gasteiger partial charge is 0.253 e. The molecule has 4 nitrogen and oxygen atoms in total. The molecule has 1 saturated carbocycles. The van der Waals surface area contributed by atoms with Crippen molar-refractivity contribution < 1.29 is 13.6 Å². The fourth-order valence-electron chi connectivity index (χ4n) is 2.63. The highest BCUT2D eigenvalue weighted by atomic mass is 19.1. The van der Waals surface area contributed by atoms with Crippen LogP contribution in [-0.4, -0.2) is 17.4 Å². The first-order valence-electron chi connectivity index (χ1n) is 8.43. The van der Waals surface area contributed by atoms with Crippen LogP contribution in [0.2, 0.25) is 0 Å². The third-order valence-electron chi connectivity index (χ3n) is 4.19. The molecule has 2 N–H and O–H groups in total. The summed E-state index contributed by atoms with van der Waals surface area (Å²) >= 11 is 0. The van der Waals surface area contributed by atoms with Crippen LogP contribution in [0.1, 0.15) is 48.5 Å². The van der Waals surface area contributed by atoms with Gasteiger partial charge in [0.2, 0.25) is 0 Å². The lowest BCUT2D eigenvalue weighted by atomic mass is 9.98. The van der Waals surface area contributed by atoms with Crippen molar-refractivity contribution >= 4 is 17.4 Å². The summed E-state index contributed by atoms with van der Waals surface area (Å²) < 4.78 is 26.6. The van der Waals surface area contributed by atoms with Gasteiger partial charge in [0.25, 0.3) is 5.91 Å². The molecule has 0 radical (unpaired) electrons. The standard InChI is InChI=1S/C19H21F2N3O/c1-11(2)16-8-18(24-15-6-13(20)5-14(21)7-15)22-10-17(16)19(25)23-9-12-3-4-12/h5-8,10-12H,3-4,9H2,1-2H3,(H,22,24)(H,23,25). The Labute approximate surface area is 145 Å². The predicted octanol–water partition coefficient (Wildman–Crippen LogP) is 4.37. The molecule has 3 rings (SSSR count). The van der Waals surface area contributed by atoms with Gasteiger partial charge in [-0.05, 0) is 48.4 Å². The Kier molecular flexibility index (Phi) is 4.97. The molecule has 1 aromatic carbocycles. The van der Waals surface area contributed by atoms with Gasteiger partial charge in [-0.2, -0.15) is 0 Å². The number of hydrogen-bond acceptors (Lipinski definition) is 3. The summed E-state index contributed by atoms with van der Waals surface area (Å²) in [6, 6.07) is 4.94. The van der Waals surface area contributed by atoms with E-state index in [1.165, 1.54) is 31.2 Å². The average molecular weight is 345 g/mol. The van der Waals surface area contributed by atoms with Crippen LogP contribution in [0.3, 0.4) is 0 Å². The Bertz CT molecular complexity index is 768. The lowest BCUT2D eigenvalue weighted by Gasteiger charge is -2.15. The second-order valence-electron chi connectivity index (χ2n) is 6.75. The molecule has 0 spiro atoms. The summed E-state index contributed by atoms with van der Waals surface area (Å²) in [6.45, 7) is 4.66. The molecule has 0 unspecified atom stereocenters. The summed E-state index contributed by atoms with van der Waals surface area (Å²) in [4.78, 5) is 16.6. The summed E-state index contributed by atoms with van der Waals surface area (Å²) in [6.07, 6.45) is 3.85. The minimum atomic E-state index is -0.664. The highest BCUT2D eigenvalue weighted by Gasteiger charge is 2.23. The first-order valence-corrected chi connectivity index (χ1v) is 8.43. The zero-order chi connectivity index (χ0) is 18.0. The monoisotopic (exact) mass is 345 g/mol. The maximum atomic E-state index is 13.3. The second-order valence-corrected chi connectivity index (χ2v) is 6.75. The quantitative estimate of drug-likeness (QED) is 0.817. The van der Waals surface area contributed by atoms with E-state index in [1.807, 2.05) is 13.8 Å². The number of pyridine rings is 1. The van der Waals surface area contributed by atoms with E-state index in [0.29, 0.717) is 23.8 Å². The molecule has 1 aromatic heterocycles. The minimum absolute atomic E-state index is 0.106. The number of anilines is 2. The van der Waals surface area contributed by atoms with Crippen LogP contribution in [0.25, 0.3) is 0 Å². The number of nitrogens with one attached hydrogen (secondary N) is 2. The number of nitrogens with zero attached hydrogens (tertiary/aromatic N) is 1. The van der Waals surface area contributed by atoms with Crippen LogP contribution in [0, 0.1) is 17.6 Å². The van der Waals surface area contributed by atoms with Crippen LogP contribution in [0.4, 0.5) is 20.3 Å². The topological polar surface area (TPSA) is 54.0 Å². The molecule has 132 valence electrons. The van der Waals surface area contributed by atoms with Crippen molar-refractivity contribution in [2.24, 2.45) is 5.92 Å². The Morgan fingerprint density at radius 1 is 1.20 bits per heavy atom. The lowest BCUT2D eigenvalue weighted by molar-refractivity contribution is 0.0950. The molecule has 0 saturated heterocycles. The molecule has 1 amide bonds. The van der Waals surface area contributed by atoms with Crippen molar-refractivity contribution in [2.75, 3.05) is 11.9 Å². The number of carbonyl (C=O) groups excluding carboxylic acids is 1. The first-order chi connectivity index (χ1) is 11.9. The normalized spacial score (nSPS) is 13.8. The van der Waals surface area contributed by atoms with E-state index < -0.39 is 11.6 Å². The molecule has 1 aliphatic rings. The Balaban J connectivity index is 1.81. The fourth-order valence-corrected chi connectivity index (χ4v) is 2.63. The minimum Gasteiger partial charge on any atom is -0.352 e. The fraction of sp³-hybridized carbons (Fsp3) is 0.368. The molecule has 0 bridgehead atoms. The third kappa shape index (κ3) is 4.53. The van der Waals surface area contributed by atoms with Crippen molar-refractivity contribution in [2.45, 2.75) is 32.6 Å². The van der Waals surface area contributed by atoms with Gasteiger partial charge >= 0.3 is 0 Å². The van der Waals surface area contributed by atoms with Gasteiger partial charge in [0.05, 0.1) is 5.56 Å². The van der Waals surface area contributed by atoms with Crippen LogP contribution in [0.15, 0.2) is 30.5 Å². The van der Waals surface area contributed by atoms with Crippen LogP contribution in [0.5, 0.6) is 0 Å². The van der Waals surface area contributed by atoms with Gasteiger partial charge in [-0.3, -0.25) is 4.79 Å². The zero-order valence-corrected chi connectivity index (χ0v) is 14.3. The summed E-state index contributed by atoms with van der Waals surface area (Å²) in [7, 11) is 0. The number of rotatable bonds is 6. The number of benzene rings is 1. The Morgan fingerprint density at radius 2 is 1.88 bits per heavy atom. The number of amides is 1. The molecule has 6 heteroatoms. The number of hydrogen-bond donors (Lipinski definition) is 2. The molecule has 1 fully saturated rings. The van der Waals surface area contributed by atoms with Crippen molar-refractivity contribution in [3.8, 4) is 0 Å². The third-order valence-corrected chi connectivity index (χ3v) is 4.19. The molecule has 0 aliphatic heterocycles. The highest BCUT2D eigenvalue weighted by molar-refractivity contribution is 5.96. The molecule has 25 heavy (non-hydrogen) atoms. The number of carbonyl (C=O) groups is 1. The second kappa shape index (κ2) is 7.17. The van der Waals surface area contributed by atoms with E-state index >= 15 is 0 Å². The summed E-state index contributed by atoms with van der Waals surface area (Å²) in [5.41, 5.74) is 1.64. The maximum absolute atomic E-state index is 13.3. The van der Waals surface area contributed by atoms with Crippen molar-refractivity contribution in [1.82, 2.24) is 10.3 Å². The van der Waals surface area contributed by atoms with Gasteiger partial charge in [-0.25, -0.2) is 13.8 Å². The molecule has 2 aromatic rings. The van der Waals surface area contributed by atoms with Gasteiger partial charge in [0, 0.05) is 24.5 Å². The zero-order valence-electron chi connectivity index (χ0n) is 14.3. The summed E-state index contributed by atoms with van der Waals surface area (Å²) in [5.74, 6) is -0.318. The highest BCUT2D eigenvalue weighted by Crippen LogP contribution is 2.28. The largest absolute Gasteiger partial charge is 0.352 e. The SMILES string of the molecule is CC(C)c1cc(Nc2cc(F)cc(F)c2)ncc1C(=O)NCC1CC1. The van der Waals surface area contributed by atoms with Crippen LogP contribution >= 0.6 is 0 Å². The predicted molar refractivity (Wildman–Crippen MR) is 93.0 cm³/mol. The van der Waals surface area contributed by atoms with E-state index in [2.05, 4.69) is 15.6 Å². The van der Waals surface area contributed by atoms with Gasteiger partial charge in [-0.15, -0.1) is 0 Å². The molecule has 0 atom stereocenters. The van der Waals surface area contributed by atoms with E-state index in [4.69, 9.17) is 0 Å². The Hall–Kier alpha value is -2.50. The number of halogens is 2. The van der Waals surface area contributed by atoms with Crippen molar-refractivity contribution in [3.63, 3.8) is 0 Å². The molecular formula is C19H21F2N3O. The van der Waals surface area contributed by atoms with Gasteiger partial charge in [0.15, 0.2) is 0 Å². The van der Waals surface area contributed by atoms with E-state index in [0.717, 1.165) is 11.6 Å². The molecular weight excluding hydrogens is 324 g/mol. The van der Waals surface area contributed by atoms with E-state index in [9.17, 15) is 13.6 Å².